The number of nitrogens with one attached hydrogen (secondary N) is 1. The molecule has 2 aromatic rings. The predicted octanol–water partition coefficient (Wildman–Crippen LogP) is 2.86. The smallest absolute Gasteiger partial charge is 0.409 e. The van der Waals surface area contributed by atoms with Gasteiger partial charge in [-0.1, -0.05) is 0 Å². The largest absolute Gasteiger partial charge is 0.468 e. The predicted molar refractivity (Wildman–Crippen MR) is 101 cm³/mol. The minimum absolute atomic E-state index is 0.0885. The summed E-state index contributed by atoms with van der Waals surface area (Å²) in [4.78, 5) is 29.7. The van der Waals surface area contributed by atoms with E-state index in [-0.39, 0.29) is 12.0 Å². The molecule has 2 aromatic heterocycles. The van der Waals surface area contributed by atoms with Gasteiger partial charge in [-0.15, -0.1) is 11.3 Å². The average molecular weight is 389 g/mol. The molecule has 4 heterocycles. The SMILES string of the molecule is O=C(NCCN1CCOC1=O)c1ccc([C@H]2CCCN2Cc2ccco2)s1. The van der Waals surface area contributed by atoms with Gasteiger partial charge in [0.05, 0.1) is 24.2 Å². The van der Waals surface area contributed by atoms with E-state index < -0.39 is 0 Å². The highest BCUT2D eigenvalue weighted by atomic mass is 32.1. The Bertz CT molecular complexity index is 789. The summed E-state index contributed by atoms with van der Waals surface area (Å²) >= 11 is 1.55. The van der Waals surface area contributed by atoms with Gasteiger partial charge in [0.2, 0.25) is 0 Å². The lowest BCUT2D eigenvalue weighted by molar-refractivity contribution is 0.0953. The van der Waals surface area contributed by atoms with Crippen molar-refractivity contribution in [1.29, 1.82) is 0 Å². The Morgan fingerprint density at radius 2 is 2.22 bits per heavy atom. The highest BCUT2D eigenvalue weighted by molar-refractivity contribution is 7.14. The van der Waals surface area contributed by atoms with E-state index in [1.54, 1.807) is 22.5 Å². The molecule has 2 saturated heterocycles. The quantitative estimate of drug-likeness (QED) is 0.788. The van der Waals surface area contributed by atoms with E-state index in [2.05, 4.69) is 16.3 Å². The number of amides is 2. The molecule has 7 nitrogen and oxygen atoms in total. The Morgan fingerprint density at radius 1 is 1.30 bits per heavy atom. The molecule has 1 N–H and O–H groups in total. The van der Waals surface area contributed by atoms with Crippen LogP contribution in [0, 0.1) is 0 Å². The van der Waals surface area contributed by atoms with Crippen LogP contribution in [0.4, 0.5) is 4.79 Å². The highest BCUT2D eigenvalue weighted by Crippen LogP contribution is 2.36. The number of ether oxygens (including phenoxy) is 1. The maximum absolute atomic E-state index is 12.4. The maximum Gasteiger partial charge on any atom is 0.409 e. The number of rotatable bonds is 7. The maximum atomic E-state index is 12.4. The van der Waals surface area contributed by atoms with Crippen molar-refractivity contribution in [3.8, 4) is 0 Å². The molecule has 2 amide bonds. The molecular formula is C19H23N3O4S. The fraction of sp³-hybridized carbons (Fsp3) is 0.474. The first-order valence-corrected chi connectivity index (χ1v) is 10.1. The topological polar surface area (TPSA) is 75.0 Å². The lowest BCUT2D eigenvalue weighted by Crippen LogP contribution is -2.35. The van der Waals surface area contributed by atoms with Crippen LogP contribution in [0.1, 0.15) is 39.2 Å². The average Bonchev–Trinajstić information content (AvgIpc) is 3.43. The minimum atomic E-state index is -0.305. The minimum Gasteiger partial charge on any atom is -0.468 e. The molecule has 2 fully saturated rings. The lowest BCUT2D eigenvalue weighted by atomic mass is 10.2. The molecular weight excluding hydrogens is 366 g/mol. The Labute approximate surface area is 161 Å². The highest BCUT2D eigenvalue weighted by Gasteiger charge is 2.28. The van der Waals surface area contributed by atoms with Gasteiger partial charge in [-0.3, -0.25) is 9.69 Å². The van der Waals surface area contributed by atoms with Crippen molar-refractivity contribution in [3.05, 3.63) is 46.0 Å². The molecule has 27 heavy (non-hydrogen) atoms. The van der Waals surface area contributed by atoms with E-state index in [0.717, 1.165) is 31.7 Å². The Hall–Kier alpha value is -2.32. The van der Waals surface area contributed by atoms with E-state index in [1.807, 2.05) is 18.2 Å². The van der Waals surface area contributed by atoms with Crippen molar-refractivity contribution in [2.24, 2.45) is 0 Å². The van der Waals surface area contributed by atoms with Gasteiger partial charge in [-0.25, -0.2) is 4.79 Å². The number of hydrogen-bond donors (Lipinski definition) is 1. The molecule has 0 unspecified atom stereocenters. The fourth-order valence-corrected chi connectivity index (χ4v) is 4.71. The van der Waals surface area contributed by atoms with Crippen molar-refractivity contribution in [2.45, 2.75) is 25.4 Å². The zero-order chi connectivity index (χ0) is 18.6. The number of carbonyl (C=O) groups excluding carboxylic acids is 2. The molecule has 144 valence electrons. The summed E-state index contributed by atoms with van der Waals surface area (Å²) in [5.41, 5.74) is 0. The lowest BCUT2D eigenvalue weighted by Gasteiger charge is -2.22. The van der Waals surface area contributed by atoms with Gasteiger partial charge >= 0.3 is 6.09 Å². The van der Waals surface area contributed by atoms with Crippen LogP contribution < -0.4 is 5.32 Å². The third-order valence-electron chi connectivity index (χ3n) is 4.99. The van der Waals surface area contributed by atoms with Gasteiger partial charge in [0.15, 0.2) is 0 Å². The number of thiophene rings is 1. The molecule has 2 aliphatic rings. The van der Waals surface area contributed by atoms with E-state index in [1.165, 1.54) is 4.88 Å². The first-order valence-electron chi connectivity index (χ1n) is 9.27. The van der Waals surface area contributed by atoms with Crippen LogP contribution in [-0.4, -0.2) is 54.6 Å². The van der Waals surface area contributed by atoms with Gasteiger partial charge in [-0.2, -0.15) is 0 Å². The van der Waals surface area contributed by atoms with Gasteiger partial charge in [-0.05, 0) is 43.7 Å². The van der Waals surface area contributed by atoms with Gasteiger partial charge in [0.1, 0.15) is 12.4 Å². The van der Waals surface area contributed by atoms with Crippen molar-refractivity contribution < 1.29 is 18.7 Å². The van der Waals surface area contributed by atoms with Crippen LogP contribution in [0.15, 0.2) is 34.9 Å². The third-order valence-corrected chi connectivity index (χ3v) is 6.18. The summed E-state index contributed by atoms with van der Waals surface area (Å²) in [7, 11) is 0. The molecule has 1 atom stereocenters. The molecule has 4 rings (SSSR count). The first-order chi connectivity index (χ1) is 13.2. The molecule has 0 bridgehead atoms. The number of hydrogen-bond acceptors (Lipinski definition) is 6. The summed E-state index contributed by atoms with van der Waals surface area (Å²) in [6.45, 7) is 3.75. The monoisotopic (exact) mass is 389 g/mol. The normalized spacial score (nSPS) is 20.2. The second kappa shape index (κ2) is 8.14. The van der Waals surface area contributed by atoms with Crippen molar-refractivity contribution in [2.75, 3.05) is 32.8 Å². The van der Waals surface area contributed by atoms with Crippen LogP contribution in [0.5, 0.6) is 0 Å². The van der Waals surface area contributed by atoms with Crippen LogP contribution >= 0.6 is 11.3 Å². The summed E-state index contributed by atoms with van der Waals surface area (Å²) in [6.07, 6.45) is 3.65. The van der Waals surface area contributed by atoms with Gasteiger partial charge in [0.25, 0.3) is 5.91 Å². The van der Waals surface area contributed by atoms with Crippen molar-refractivity contribution in [1.82, 2.24) is 15.1 Å². The molecule has 0 saturated carbocycles. The zero-order valence-corrected chi connectivity index (χ0v) is 15.9. The summed E-state index contributed by atoms with van der Waals surface area (Å²) in [5, 5.41) is 2.89. The number of cyclic esters (lactones) is 1. The molecule has 0 radical (unpaired) electrons. The van der Waals surface area contributed by atoms with Crippen LogP contribution in [-0.2, 0) is 11.3 Å². The number of furan rings is 1. The standard InChI is InChI=1S/C19H23N3O4S/c23-18(20-7-9-21-10-12-26-19(21)24)17-6-5-16(27-17)15-4-1-8-22(15)13-14-3-2-11-25-14/h2-3,5-6,11,15H,1,4,7-10,12-13H2,(H,20,23)/t15-/m1/s1. The number of nitrogens with zero attached hydrogens (tertiary/aromatic N) is 2. The Kier molecular flexibility index (Phi) is 5.45. The van der Waals surface area contributed by atoms with E-state index in [4.69, 9.17) is 9.15 Å². The molecule has 2 aliphatic heterocycles. The summed E-state index contributed by atoms with van der Waals surface area (Å²) in [5.74, 6) is 0.881. The van der Waals surface area contributed by atoms with Gasteiger partial charge < -0.3 is 19.4 Å². The van der Waals surface area contributed by atoms with Crippen LogP contribution in [0.3, 0.4) is 0 Å². The third kappa shape index (κ3) is 4.17. The Morgan fingerprint density at radius 3 is 3.00 bits per heavy atom. The number of carbonyl (C=O) groups is 2. The zero-order valence-electron chi connectivity index (χ0n) is 15.1. The van der Waals surface area contributed by atoms with Crippen molar-refractivity contribution >= 4 is 23.3 Å². The van der Waals surface area contributed by atoms with Gasteiger partial charge in [0, 0.05) is 24.0 Å². The van der Waals surface area contributed by atoms with E-state index in [9.17, 15) is 9.59 Å². The van der Waals surface area contributed by atoms with Crippen LogP contribution in [0.25, 0.3) is 0 Å². The number of likely N-dealkylation sites (tertiary alicyclic amines) is 1. The fourth-order valence-electron chi connectivity index (χ4n) is 3.61. The molecule has 8 heteroatoms. The Balaban J connectivity index is 1.32. The van der Waals surface area contributed by atoms with E-state index >= 15 is 0 Å². The summed E-state index contributed by atoms with van der Waals surface area (Å²) in [6, 6.07) is 8.20. The molecule has 0 spiro atoms. The van der Waals surface area contributed by atoms with Crippen molar-refractivity contribution in [3.63, 3.8) is 0 Å². The first kappa shape index (κ1) is 18.1. The molecule has 0 aliphatic carbocycles. The second-order valence-electron chi connectivity index (χ2n) is 6.77. The second-order valence-corrected chi connectivity index (χ2v) is 7.88. The van der Waals surface area contributed by atoms with Crippen LogP contribution in [0.2, 0.25) is 0 Å². The molecule has 0 aromatic carbocycles. The summed E-state index contributed by atoms with van der Waals surface area (Å²) < 4.78 is 10.4. The van der Waals surface area contributed by atoms with E-state index in [0.29, 0.717) is 37.2 Å².